The van der Waals surface area contributed by atoms with Crippen molar-refractivity contribution in [3.8, 4) is 0 Å². The Bertz CT molecular complexity index is 904. The van der Waals surface area contributed by atoms with Gasteiger partial charge < -0.3 is 10.1 Å². The van der Waals surface area contributed by atoms with E-state index in [0.717, 1.165) is 4.70 Å². The summed E-state index contributed by atoms with van der Waals surface area (Å²) < 4.78 is 19.4. The second-order valence-electron chi connectivity index (χ2n) is 4.73. The summed E-state index contributed by atoms with van der Waals surface area (Å²) in [6.45, 7) is 0. The molecule has 0 aliphatic carbocycles. The Morgan fingerprint density at radius 2 is 1.78 bits per heavy atom. The molecule has 3 aromatic rings. The number of carbonyl (C=O) groups excluding carboxylic acids is 2. The lowest BCUT2D eigenvalue weighted by Crippen LogP contribution is -2.15. The third-order valence-corrected chi connectivity index (χ3v) is 4.47. The number of fused-ring (bicyclic) bond motifs is 1. The van der Waals surface area contributed by atoms with E-state index < -0.39 is 17.7 Å². The van der Waals surface area contributed by atoms with Crippen molar-refractivity contribution in [1.82, 2.24) is 0 Å². The van der Waals surface area contributed by atoms with Gasteiger partial charge in [-0.25, -0.2) is 9.18 Å². The van der Waals surface area contributed by atoms with Crippen LogP contribution < -0.4 is 5.32 Å². The summed E-state index contributed by atoms with van der Waals surface area (Å²) in [7, 11) is 1.27. The summed E-state index contributed by atoms with van der Waals surface area (Å²) in [4.78, 5) is 24.6. The van der Waals surface area contributed by atoms with Gasteiger partial charge in [0.25, 0.3) is 5.91 Å². The van der Waals surface area contributed by atoms with Crippen LogP contribution in [0.1, 0.15) is 20.0 Å². The number of hydrogen-bond acceptors (Lipinski definition) is 4. The van der Waals surface area contributed by atoms with E-state index in [9.17, 15) is 14.0 Å². The molecule has 0 fully saturated rings. The highest BCUT2D eigenvalue weighted by Crippen LogP contribution is 2.36. The van der Waals surface area contributed by atoms with Gasteiger partial charge in [-0.3, -0.25) is 4.79 Å². The number of hydrogen-bond donors (Lipinski definition) is 1. The molecular formula is C17H12FNO3S. The first-order chi connectivity index (χ1) is 11.1. The predicted molar refractivity (Wildman–Crippen MR) is 87.5 cm³/mol. The lowest BCUT2D eigenvalue weighted by atomic mass is 10.1. The van der Waals surface area contributed by atoms with Crippen molar-refractivity contribution in [1.29, 1.82) is 0 Å². The molecule has 116 valence electrons. The Kier molecular flexibility index (Phi) is 4.08. The quantitative estimate of drug-likeness (QED) is 0.737. The van der Waals surface area contributed by atoms with E-state index in [1.165, 1.54) is 36.6 Å². The van der Waals surface area contributed by atoms with Crippen LogP contribution in [0.25, 0.3) is 10.1 Å². The maximum Gasteiger partial charge on any atom is 0.350 e. The number of esters is 1. The van der Waals surface area contributed by atoms with E-state index in [-0.39, 0.29) is 10.4 Å². The zero-order valence-electron chi connectivity index (χ0n) is 12.1. The number of ether oxygens (including phenoxy) is 1. The molecule has 1 amide bonds. The molecule has 3 rings (SSSR count). The minimum absolute atomic E-state index is 0.0846. The van der Waals surface area contributed by atoms with Crippen LogP contribution in [0.2, 0.25) is 0 Å². The molecule has 4 nitrogen and oxygen atoms in total. The van der Waals surface area contributed by atoms with Crippen molar-refractivity contribution in [3.63, 3.8) is 0 Å². The molecule has 0 bridgehead atoms. The molecule has 2 aromatic carbocycles. The number of anilines is 1. The normalized spacial score (nSPS) is 10.5. The second-order valence-corrected chi connectivity index (χ2v) is 5.78. The number of nitrogens with one attached hydrogen (secondary N) is 1. The van der Waals surface area contributed by atoms with Gasteiger partial charge in [-0.1, -0.05) is 30.3 Å². The number of carbonyl (C=O) groups is 2. The van der Waals surface area contributed by atoms with Gasteiger partial charge in [-0.05, 0) is 18.2 Å². The minimum atomic E-state index is -0.621. The number of amides is 1. The molecule has 0 spiro atoms. The van der Waals surface area contributed by atoms with Crippen LogP contribution in [0, 0.1) is 5.82 Å². The zero-order valence-corrected chi connectivity index (χ0v) is 12.9. The fourth-order valence-electron chi connectivity index (χ4n) is 2.23. The smallest absolute Gasteiger partial charge is 0.350 e. The van der Waals surface area contributed by atoms with Gasteiger partial charge in [0, 0.05) is 10.1 Å². The largest absolute Gasteiger partial charge is 0.465 e. The monoisotopic (exact) mass is 329 g/mol. The fraction of sp³-hybridized carbons (Fsp3) is 0.0588. The molecule has 0 unspecified atom stereocenters. The van der Waals surface area contributed by atoms with Gasteiger partial charge >= 0.3 is 5.97 Å². The third-order valence-electron chi connectivity index (χ3n) is 3.32. The van der Waals surface area contributed by atoms with Crippen molar-refractivity contribution in [2.24, 2.45) is 0 Å². The molecule has 23 heavy (non-hydrogen) atoms. The van der Waals surface area contributed by atoms with Crippen LogP contribution in [-0.4, -0.2) is 19.0 Å². The summed E-state index contributed by atoms with van der Waals surface area (Å²) in [6.07, 6.45) is 0. The average Bonchev–Trinajstić information content (AvgIpc) is 2.93. The average molecular weight is 329 g/mol. The summed E-state index contributed by atoms with van der Waals surface area (Å²) in [5.41, 5.74) is 0.254. The van der Waals surface area contributed by atoms with Crippen molar-refractivity contribution < 1.29 is 18.7 Å². The molecule has 0 saturated carbocycles. The Morgan fingerprint density at radius 1 is 1.09 bits per heavy atom. The van der Waals surface area contributed by atoms with Crippen molar-refractivity contribution >= 4 is 39.0 Å². The lowest BCUT2D eigenvalue weighted by molar-refractivity contribution is 0.0607. The van der Waals surface area contributed by atoms with Crippen LogP contribution in [0.3, 0.4) is 0 Å². The molecule has 0 saturated heterocycles. The van der Waals surface area contributed by atoms with Crippen LogP contribution in [0.5, 0.6) is 0 Å². The number of halogens is 1. The van der Waals surface area contributed by atoms with Crippen molar-refractivity contribution in [2.75, 3.05) is 12.4 Å². The van der Waals surface area contributed by atoms with Crippen molar-refractivity contribution in [2.45, 2.75) is 0 Å². The number of thiophene rings is 1. The molecule has 0 aliphatic rings. The molecule has 1 N–H and O–H groups in total. The van der Waals surface area contributed by atoms with Crippen LogP contribution in [0.4, 0.5) is 10.1 Å². The lowest BCUT2D eigenvalue weighted by Gasteiger charge is -2.07. The Hall–Kier alpha value is -2.73. The predicted octanol–water partition coefficient (Wildman–Crippen LogP) is 4.08. The first-order valence-corrected chi connectivity index (χ1v) is 7.59. The van der Waals surface area contributed by atoms with E-state index in [1.54, 1.807) is 18.2 Å². The van der Waals surface area contributed by atoms with E-state index in [2.05, 4.69) is 5.32 Å². The Balaban J connectivity index is 2.07. The van der Waals surface area contributed by atoms with Gasteiger partial charge in [0.05, 0.1) is 18.4 Å². The molecule has 0 radical (unpaired) electrons. The number of methoxy groups -OCH3 is 1. The van der Waals surface area contributed by atoms with E-state index in [1.807, 2.05) is 12.1 Å². The molecule has 1 aromatic heterocycles. The molecule has 6 heteroatoms. The van der Waals surface area contributed by atoms with Crippen LogP contribution in [-0.2, 0) is 4.74 Å². The van der Waals surface area contributed by atoms with Crippen molar-refractivity contribution in [3.05, 3.63) is 64.8 Å². The topological polar surface area (TPSA) is 55.4 Å². The minimum Gasteiger partial charge on any atom is -0.465 e. The third kappa shape index (κ3) is 2.80. The van der Waals surface area contributed by atoms with Gasteiger partial charge in [-0.15, -0.1) is 11.3 Å². The number of benzene rings is 2. The highest BCUT2D eigenvalue weighted by Gasteiger charge is 2.22. The Morgan fingerprint density at radius 3 is 2.52 bits per heavy atom. The zero-order chi connectivity index (χ0) is 16.4. The van der Waals surface area contributed by atoms with Gasteiger partial charge in [0.15, 0.2) is 0 Å². The molecule has 0 aliphatic heterocycles. The van der Waals surface area contributed by atoms with Gasteiger partial charge in [0.1, 0.15) is 10.7 Å². The van der Waals surface area contributed by atoms with Gasteiger partial charge in [-0.2, -0.15) is 0 Å². The molecular weight excluding hydrogens is 317 g/mol. The Labute approximate surface area is 135 Å². The standard InChI is InChI=1S/C17H12FNO3S/c1-22-17(21)15-14(11-7-3-5-9-13(11)23-15)19-16(20)10-6-2-4-8-12(10)18/h2-9H,1H3,(H,19,20). The van der Waals surface area contributed by atoms with Gasteiger partial charge in [0.2, 0.25) is 0 Å². The summed E-state index contributed by atoms with van der Waals surface area (Å²) in [5.74, 6) is -1.78. The summed E-state index contributed by atoms with van der Waals surface area (Å²) in [6, 6.07) is 12.9. The SMILES string of the molecule is COC(=O)c1sc2ccccc2c1NC(=O)c1ccccc1F. The maximum absolute atomic E-state index is 13.8. The first-order valence-electron chi connectivity index (χ1n) is 6.77. The number of rotatable bonds is 3. The fourth-order valence-corrected chi connectivity index (χ4v) is 3.31. The first kappa shape index (κ1) is 15.2. The maximum atomic E-state index is 13.8. The second kappa shape index (κ2) is 6.18. The molecule has 1 heterocycles. The van der Waals surface area contributed by atoms with E-state index in [4.69, 9.17) is 4.74 Å². The van der Waals surface area contributed by atoms with Crippen LogP contribution in [0.15, 0.2) is 48.5 Å². The molecule has 0 atom stereocenters. The summed E-state index contributed by atoms with van der Waals surface area (Å²) in [5, 5.41) is 3.35. The highest BCUT2D eigenvalue weighted by molar-refractivity contribution is 7.21. The highest BCUT2D eigenvalue weighted by atomic mass is 32.1. The van der Waals surface area contributed by atoms with Crippen LogP contribution >= 0.6 is 11.3 Å². The van der Waals surface area contributed by atoms with E-state index in [0.29, 0.717) is 11.1 Å². The summed E-state index contributed by atoms with van der Waals surface area (Å²) >= 11 is 1.21. The van der Waals surface area contributed by atoms with E-state index >= 15 is 0 Å².